The molecule has 2 rings (SSSR count). The molecule has 0 bridgehead atoms. The standard InChI is InChI=1S/C12H25.C7H7O.C6H4.2Co.2O/c1-3-5-7-9-11-12-10-8-6-4-2;1-8-7-5-3-2-4-6-7;1-2-4-6-5-3-1;;;;/h1,3-12H2,2H3;2-5H,1H3;1-2,5-6H;;;;/q2*-1;-2;;;;. The SMILES string of the molecule is COc1[c-]cccc1.[CH2-]CCCCCCCCCCC.[O]=[Co].[O]=[Co].[c-]1cc[c-]cc1. The van der Waals surface area contributed by atoms with Gasteiger partial charge in [0.1, 0.15) is 0 Å². The van der Waals surface area contributed by atoms with Crippen LogP contribution in [0.1, 0.15) is 71.1 Å². The Bertz CT molecular complexity index is 460. The van der Waals surface area contributed by atoms with Crippen molar-refractivity contribution in [3.05, 3.63) is 73.7 Å². The third-order valence-electron chi connectivity index (χ3n) is 3.81. The number of unbranched alkanes of at least 4 members (excludes halogenated alkanes) is 9. The topological polar surface area (TPSA) is 43.4 Å². The molecule has 0 spiro atoms. The summed E-state index contributed by atoms with van der Waals surface area (Å²) in [4.78, 5) is 0. The molecule has 3 nitrogen and oxygen atoms in total. The van der Waals surface area contributed by atoms with E-state index in [0.29, 0.717) is 0 Å². The summed E-state index contributed by atoms with van der Waals surface area (Å²) < 4.78 is 20.7. The molecular weight excluding hydrogens is 466 g/mol. The molecule has 30 heavy (non-hydrogen) atoms. The van der Waals surface area contributed by atoms with Crippen LogP contribution in [0, 0.1) is 25.1 Å². The predicted molar refractivity (Wildman–Crippen MR) is 115 cm³/mol. The van der Waals surface area contributed by atoms with Gasteiger partial charge in [0.25, 0.3) is 0 Å². The fourth-order valence-corrected chi connectivity index (χ4v) is 2.29. The Kier molecular flexibility index (Phi) is 39.4. The van der Waals surface area contributed by atoms with E-state index < -0.39 is 0 Å². The number of hydrogen-bond acceptors (Lipinski definition) is 3. The average Bonchev–Trinajstić information content (AvgIpc) is 2.86. The Morgan fingerprint density at radius 2 is 1.23 bits per heavy atom. The molecule has 0 N–H and O–H groups in total. The van der Waals surface area contributed by atoms with E-state index in [1.165, 1.54) is 57.8 Å². The van der Waals surface area contributed by atoms with Crippen LogP contribution in [0.2, 0.25) is 0 Å². The van der Waals surface area contributed by atoms with Crippen molar-refractivity contribution >= 4 is 0 Å². The van der Waals surface area contributed by atoms with Crippen molar-refractivity contribution in [2.75, 3.05) is 7.11 Å². The Labute approximate surface area is 201 Å². The van der Waals surface area contributed by atoms with Crippen molar-refractivity contribution < 1.29 is 43.8 Å². The van der Waals surface area contributed by atoms with Crippen LogP contribution in [0.3, 0.4) is 0 Å². The zero-order chi connectivity index (χ0) is 23.1. The van der Waals surface area contributed by atoms with Crippen molar-refractivity contribution in [1.29, 1.82) is 0 Å². The normalized spacial score (nSPS) is 8.43. The molecule has 2 aromatic rings. The monoisotopic (exact) mass is 502 g/mol. The van der Waals surface area contributed by atoms with E-state index in [1.54, 1.807) is 7.11 Å². The van der Waals surface area contributed by atoms with E-state index in [0.717, 1.165) is 12.2 Å². The van der Waals surface area contributed by atoms with Crippen LogP contribution < -0.4 is 4.74 Å². The van der Waals surface area contributed by atoms with Crippen LogP contribution in [0.4, 0.5) is 0 Å². The second-order valence-electron chi connectivity index (χ2n) is 6.11. The minimum Gasteiger partial charge on any atom is -0.319 e. The number of rotatable bonds is 10. The van der Waals surface area contributed by atoms with Crippen molar-refractivity contribution in [3.8, 4) is 5.75 Å². The second-order valence-corrected chi connectivity index (χ2v) is 6.11. The zero-order valence-electron chi connectivity index (χ0n) is 18.3. The Hall–Kier alpha value is -1.15. The van der Waals surface area contributed by atoms with E-state index >= 15 is 0 Å². The molecule has 0 amide bonds. The first kappa shape index (κ1) is 33.5. The van der Waals surface area contributed by atoms with Crippen molar-refractivity contribution in [3.63, 3.8) is 0 Å². The van der Waals surface area contributed by atoms with E-state index in [1.807, 2.05) is 48.5 Å². The van der Waals surface area contributed by atoms with Crippen molar-refractivity contribution in [2.45, 2.75) is 71.1 Å². The molecule has 0 fully saturated rings. The second kappa shape index (κ2) is 35.3. The quantitative estimate of drug-likeness (QED) is 0.253. The third-order valence-corrected chi connectivity index (χ3v) is 3.81. The minimum atomic E-state index is 0.785. The van der Waals surface area contributed by atoms with Crippen LogP contribution in [-0.2, 0) is 39.1 Å². The minimum absolute atomic E-state index is 0.785. The van der Waals surface area contributed by atoms with Gasteiger partial charge in [-0.15, -0.1) is 12.1 Å². The molecule has 2 aromatic carbocycles. The van der Waals surface area contributed by atoms with Gasteiger partial charge in [-0.3, -0.25) is 24.3 Å². The van der Waals surface area contributed by atoms with Crippen LogP contribution in [0.15, 0.2) is 48.5 Å². The molecular formula is C25H36Co2O3-4. The van der Waals surface area contributed by atoms with Gasteiger partial charge >= 0.3 is 39.1 Å². The van der Waals surface area contributed by atoms with Gasteiger partial charge < -0.3 is 23.8 Å². The van der Waals surface area contributed by atoms with Gasteiger partial charge in [-0.2, -0.15) is 24.6 Å². The van der Waals surface area contributed by atoms with Gasteiger partial charge in [0.2, 0.25) is 0 Å². The molecule has 0 atom stereocenters. The Morgan fingerprint density at radius 3 is 1.53 bits per heavy atom. The summed E-state index contributed by atoms with van der Waals surface area (Å²) in [7, 11) is 1.63. The van der Waals surface area contributed by atoms with Gasteiger partial charge in [-0.05, 0) is 0 Å². The third kappa shape index (κ3) is 31.5. The largest absolute Gasteiger partial charge is 0.319 e. The summed E-state index contributed by atoms with van der Waals surface area (Å²) in [6.45, 7) is 6.12. The van der Waals surface area contributed by atoms with Crippen LogP contribution in [-0.4, -0.2) is 7.11 Å². The van der Waals surface area contributed by atoms with E-state index in [9.17, 15) is 0 Å². The summed E-state index contributed by atoms with van der Waals surface area (Å²) in [5, 5.41) is 0. The molecule has 0 aliphatic carbocycles. The first-order valence-electron chi connectivity index (χ1n) is 10.2. The van der Waals surface area contributed by atoms with Crippen LogP contribution in [0.5, 0.6) is 5.75 Å². The number of methoxy groups -OCH3 is 1. The van der Waals surface area contributed by atoms with E-state index in [2.05, 4.69) is 63.4 Å². The van der Waals surface area contributed by atoms with E-state index in [4.69, 9.17) is 12.5 Å². The average molecular weight is 502 g/mol. The van der Waals surface area contributed by atoms with Gasteiger partial charge in [-0.1, -0.05) is 64.7 Å². The van der Waals surface area contributed by atoms with Gasteiger partial charge in [0, 0.05) is 5.75 Å². The first-order valence-corrected chi connectivity index (χ1v) is 11.1. The predicted octanol–water partition coefficient (Wildman–Crippen LogP) is 7.28. The number of hydrogen-bond donors (Lipinski definition) is 0. The maximum absolute atomic E-state index is 7.94. The first-order chi connectivity index (χ1) is 14.8. The Morgan fingerprint density at radius 1 is 0.767 bits per heavy atom. The maximum atomic E-state index is 7.94. The summed E-state index contributed by atoms with van der Waals surface area (Å²) in [6, 6.07) is 23.4. The molecule has 176 valence electrons. The number of benzene rings is 2. The maximum Gasteiger partial charge on any atom is -0.288 e. The molecule has 0 radical (unpaired) electrons. The Balaban J connectivity index is -0.000000350. The van der Waals surface area contributed by atoms with Crippen LogP contribution >= 0.6 is 0 Å². The van der Waals surface area contributed by atoms with Crippen molar-refractivity contribution in [2.24, 2.45) is 0 Å². The summed E-state index contributed by atoms with van der Waals surface area (Å²) in [6.07, 6.45) is 13.9. The molecule has 0 aliphatic rings. The zero-order valence-corrected chi connectivity index (χ0v) is 20.4. The summed E-state index contributed by atoms with van der Waals surface area (Å²) in [5.41, 5.74) is 0. The molecule has 0 heterocycles. The fourth-order valence-electron chi connectivity index (χ4n) is 2.29. The van der Waals surface area contributed by atoms with E-state index in [-0.39, 0.29) is 0 Å². The smallest absolute Gasteiger partial charge is 0.288 e. The van der Waals surface area contributed by atoms with Gasteiger partial charge in [-0.25, -0.2) is 0 Å². The van der Waals surface area contributed by atoms with Gasteiger partial charge in [0.15, 0.2) is 0 Å². The van der Waals surface area contributed by atoms with Crippen molar-refractivity contribution in [1.82, 2.24) is 0 Å². The fraction of sp³-hybridized carbons (Fsp3) is 0.480. The molecule has 0 saturated heterocycles. The van der Waals surface area contributed by atoms with Crippen LogP contribution in [0.25, 0.3) is 0 Å². The molecule has 5 heteroatoms. The summed E-state index contributed by atoms with van der Waals surface area (Å²) >= 11 is 4.62. The molecule has 0 aliphatic heterocycles. The number of ether oxygens (including phenoxy) is 1. The molecule has 0 unspecified atom stereocenters. The molecule has 0 aromatic heterocycles. The molecule has 0 saturated carbocycles. The number of para-hydroxylation sites is 1. The van der Waals surface area contributed by atoms with Gasteiger partial charge in [0.05, 0.1) is 7.11 Å². The summed E-state index contributed by atoms with van der Waals surface area (Å²) in [5.74, 6) is 0.785.